The highest BCUT2D eigenvalue weighted by Crippen LogP contribution is 2.27. The third-order valence-corrected chi connectivity index (χ3v) is 3.91. The smallest absolute Gasteiger partial charge is 0.447 e. The SMILES string of the molecule is CC(C)[C@@H]1COC(=O)N1C(=O)[C@H](N)Cc1ccc(OC(F)(F)F)c(F)c1. The molecule has 1 aromatic carbocycles. The van der Waals surface area contributed by atoms with Gasteiger partial charge in [-0.15, -0.1) is 13.2 Å². The molecule has 1 aliphatic heterocycles. The van der Waals surface area contributed by atoms with Crippen LogP contribution in [0.5, 0.6) is 5.75 Å². The van der Waals surface area contributed by atoms with Crippen molar-refractivity contribution in [1.82, 2.24) is 4.90 Å². The summed E-state index contributed by atoms with van der Waals surface area (Å²) in [5, 5.41) is 0. The van der Waals surface area contributed by atoms with Gasteiger partial charge < -0.3 is 15.2 Å². The molecule has 1 aliphatic rings. The number of amides is 2. The molecule has 144 valence electrons. The molecule has 0 unspecified atom stereocenters. The largest absolute Gasteiger partial charge is 0.573 e. The number of imide groups is 1. The van der Waals surface area contributed by atoms with Crippen LogP contribution in [0.2, 0.25) is 0 Å². The van der Waals surface area contributed by atoms with Crippen molar-refractivity contribution in [2.45, 2.75) is 38.7 Å². The molecule has 0 saturated carbocycles. The Morgan fingerprint density at radius 1 is 1.42 bits per heavy atom. The van der Waals surface area contributed by atoms with E-state index in [1.165, 1.54) is 6.07 Å². The predicted molar refractivity (Wildman–Crippen MR) is 81.6 cm³/mol. The number of hydrogen-bond donors (Lipinski definition) is 1. The Kier molecular flexibility index (Phi) is 5.74. The molecule has 0 spiro atoms. The number of alkyl halides is 3. The topological polar surface area (TPSA) is 81.9 Å². The summed E-state index contributed by atoms with van der Waals surface area (Å²) in [6.07, 6.45) is -5.99. The van der Waals surface area contributed by atoms with Crippen LogP contribution in [0.3, 0.4) is 0 Å². The highest BCUT2D eigenvalue weighted by atomic mass is 19.4. The first-order chi connectivity index (χ1) is 12.0. The van der Waals surface area contributed by atoms with Gasteiger partial charge in [-0.2, -0.15) is 0 Å². The van der Waals surface area contributed by atoms with E-state index in [9.17, 15) is 27.2 Å². The molecule has 1 aromatic rings. The number of carbonyl (C=O) groups is 2. The molecule has 0 aliphatic carbocycles. The molecular weight excluding hydrogens is 360 g/mol. The van der Waals surface area contributed by atoms with Crippen molar-refractivity contribution in [2.24, 2.45) is 11.7 Å². The van der Waals surface area contributed by atoms with Crippen molar-refractivity contribution in [2.75, 3.05) is 6.61 Å². The molecule has 1 heterocycles. The fourth-order valence-corrected chi connectivity index (χ4v) is 2.58. The molecule has 0 aromatic heterocycles. The maximum Gasteiger partial charge on any atom is 0.573 e. The first-order valence-electron chi connectivity index (χ1n) is 7.79. The summed E-state index contributed by atoms with van der Waals surface area (Å²) in [5.74, 6) is -2.96. The second-order valence-corrected chi connectivity index (χ2v) is 6.22. The van der Waals surface area contributed by atoms with Gasteiger partial charge in [0.2, 0.25) is 5.91 Å². The van der Waals surface area contributed by atoms with Gasteiger partial charge in [-0.25, -0.2) is 14.1 Å². The average Bonchev–Trinajstić information content (AvgIpc) is 2.90. The molecule has 26 heavy (non-hydrogen) atoms. The number of benzene rings is 1. The Bertz CT molecular complexity index is 693. The summed E-state index contributed by atoms with van der Waals surface area (Å²) in [7, 11) is 0. The number of nitrogens with zero attached hydrogens (tertiary/aromatic N) is 1. The molecule has 2 amide bonds. The highest BCUT2D eigenvalue weighted by Gasteiger charge is 2.41. The van der Waals surface area contributed by atoms with Crippen LogP contribution in [0.15, 0.2) is 18.2 Å². The molecule has 0 bridgehead atoms. The van der Waals surface area contributed by atoms with Crippen LogP contribution in [0.25, 0.3) is 0 Å². The zero-order chi connectivity index (χ0) is 19.6. The fourth-order valence-electron chi connectivity index (χ4n) is 2.58. The van der Waals surface area contributed by atoms with Crippen molar-refractivity contribution < 1.29 is 36.6 Å². The van der Waals surface area contributed by atoms with Gasteiger partial charge in [-0.05, 0) is 30.0 Å². The molecule has 2 rings (SSSR count). The number of ether oxygens (including phenoxy) is 2. The molecule has 1 fully saturated rings. The zero-order valence-electron chi connectivity index (χ0n) is 14.0. The molecule has 0 radical (unpaired) electrons. The van der Waals surface area contributed by atoms with Gasteiger partial charge in [0.25, 0.3) is 0 Å². The molecule has 2 atom stereocenters. The summed E-state index contributed by atoms with van der Waals surface area (Å²) >= 11 is 0. The van der Waals surface area contributed by atoms with Gasteiger partial charge >= 0.3 is 12.5 Å². The lowest BCUT2D eigenvalue weighted by molar-refractivity contribution is -0.275. The number of nitrogens with two attached hydrogens (primary N) is 1. The van der Waals surface area contributed by atoms with E-state index in [-0.39, 0.29) is 24.5 Å². The van der Waals surface area contributed by atoms with E-state index >= 15 is 0 Å². The lowest BCUT2D eigenvalue weighted by atomic mass is 10.0. The van der Waals surface area contributed by atoms with E-state index in [4.69, 9.17) is 10.5 Å². The minimum absolute atomic E-state index is 0.0474. The second-order valence-electron chi connectivity index (χ2n) is 6.22. The van der Waals surface area contributed by atoms with Gasteiger partial charge in [-0.3, -0.25) is 4.79 Å². The maximum absolute atomic E-state index is 13.7. The third kappa shape index (κ3) is 4.63. The number of halogens is 4. The minimum atomic E-state index is -5.02. The average molecular weight is 378 g/mol. The zero-order valence-corrected chi connectivity index (χ0v) is 14.0. The fraction of sp³-hybridized carbons (Fsp3) is 0.500. The van der Waals surface area contributed by atoms with Crippen LogP contribution in [0.4, 0.5) is 22.4 Å². The summed E-state index contributed by atoms with van der Waals surface area (Å²) in [6.45, 7) is 3.69. The Morgan fingerprint density at radius 2 is 2.08 bits per heavy atom. The molecular formula is C16H18F4N2O4. The van der Waals surface area contributed by atoms with Crippen LogP contribution >= 0.6 is 0 Å². The quantitative estimate of drug-likeness (QED) is 0.797. The minimum Gasteiger partial charge on any atom is -0.447 e. The molecule has 1 saturated heterocycles. The van der Waals surface area contributed by atoms with Crippen molar-refractivity contribution >= 4 is 12.0 Å². The van der Waals surface area contributed by atoms with E-state index in [0.717, 1.165) is 17.0 Å². The summed E-state index contributed by atoms with van der Waals surface area (Å²) in [5.41, 5.74) is 6.00. The first kappa shape index (κ1) is 20.0. The molecule has 10 heteroatoms. The summed E-state index contributed by atoms with van der Waals surface area (Å²) < 4.78 is 58.6. The summed E-state index contributed by atoms with van der Waals surface area (Å²) in [4.78, 5) is 25.1. The lowest BCUT2D eigenvalue weighted by Crippen LogP contribution is -2.50. The summed E-state index contributed by atoms with van der Waals surface area (Å²) in [6, 6.07) is 1.13. The number of rotatable bonds is 5. The standard InChI is InChI=1S/C16H18F4N2O4/c1-8(2)12-7-25-15(24)22(12)14(23)11(21)6-9-3-4-13(10(17)5-9)26-16(18,19)20/h3-5,8,11-12H,6-7,21H2,1-2H3/t11-,12+/m1/s1. The van der Waals surface area contributed by atoms with E-state index < -0.39 is 42.0 Å². The van der Waals surface area contributed by atoms with Gasteiger partial charge in [0.15, 0.2) is 11.6 Å². The molecule has 2 N–H and O–H groups in total. The highest BCUT2D eigenvalue weighted by molar-refractivity contribution is 5.96. The van der Waals surface area contributed by atoms with Crippen LogP contribution in [-0.4, -0.2) is 42.0 Å². The lowest BCUT2D eigenvalue weighted by Gasteiger charge is -2.25. The Morgan fingerprint density at radius 3 is 2.62 bits per heavy atom. The predicted octanol–water partition coefficient (Wildman–Crippen LogP) is 2.60. The normalized spacial score (nSPS) is 18.8. The van der Waals surface area contributed by atoms with Gasteiger partial charge in [0.1, 0.15) is 6.61 Å². The van der Waals surface area contributed by atoms with E-state index in [1.54, 1.807) is 0 Å². The first-order valence-corrected chi connectivity index (χ1v) is 7.79. The maximum atomic E-state index is 13.7. The van der Waals surface area contributed by atoms with Crippen LogP contribution in [0, 0.1) is 11.7 Å². The van der Waals surface area contributed by atoms with Crippen LogP contribution in [-0.2, 0) is 16.0 Å². The van der Waals surface area contributed by atoms with E-state index in [2.05, 4.69) is 4.74 Å². The van der Waals surface area contributed by atoms with Crippen molar-refractivity contribution in [1.29, 1.82) is 0 Å². The number of cyclic esters (lactones) is 1. The van der Waals surface area contributed by atoms with Crippen molar-refractivity contribution in [3.05, 3.63) is 29.6 Å². The van der Waals surface area contributed by atoms with Crippen LogP contribution < -0.4 is 10.5 Å². The van der Waals surface area contributed by atoms with Gasteiger partial charge in [0, 0.05) is 0 Å². The third-order valence-electron chi connectivity index (χ3n) is 3.91. The Balaban J connectivity index is 2.09. The molecule has 6 nitrogen and oxygen atoms in total. The van der Waals surface area contributed by atoms with E-state index in [0.29, 0.717) is 0 Å². The van der Waals surface area contributed by atoms with Gasteiger partial charge in [0.05, 0.1) is 12.1 Å². The number of carbonyl (C=O) groups excluding carboxylic acids is 2. The van der Waals surface area contributed by atoms with Gasteiger partial charge in [-0.1, -0.05) is 19.9 Å². The van der Waals surface area contributed by atoms with E-state index in [1.807, 2.05) is 13.8 Å². The monoisotopic (exact) mass is 378 g/mol. The van der Waals surface area contributed by atoms with Crippen molar-refractivity contribution in [3.63, 3.8) is 0 Å². The van der Waals surface area contributed by atoms with Crippen LogP contribution in [0.1, 0.15) is 19.4 Å². The second kappa shape index (κ2) is 7.48. The van der Waals surface area contributed by atoms with Crippen molar-refractivity contribution in [3.8, 4) is 5.75 Å². The Hall–Kier alpha value is -2.36. The number of hydrogen-bond acceptors (Lipinski definition) is 5. The Labute approximate surface area is 146 Å².